The van der Waals surface area contributed by atoms with Crippen molar-refractivity contribution in [1.82, 2.24) is 20.1 Å². The third kappa shape index (κ3) is 1.90. The summed E-state index contributed by atoms with van der Waals surface area (Å²) in [5.41, 5.74) is 0. The number of nitrogens with one attached hydrogen (secondary N) is 1. The molecule has 0 spiro atoms. The molecule has 1 atom stereocenters. The summed E-state index contributed by atoms with van der Waals surface area (Å²) < 4.78 is 2.33. The van der Waals surface area contributed by atoms with Crippen molar-refractivity contribution in [1.29, 1.82) is 0 Å². The fourth-order valence-corrected chi connectivity index (χ4v) is 3.21. The Morgan fingerprint density at radius 1 is 1.47 bits per heavy atom. The molecule has 1 aromatic heterocycles. The summed E-state index contributed by atoms with van der Waals surface area (Å²) in [4.78, 5) is 0. The molecule has 3 rings (SSSR count). The van der Waals surface area contributed by atoms with Gasteiger partial charge in [-0.25, -0.2) is 0 Å². The van der Waals surface area contributed by atoms with E-state index in [-0.39, 0.29) is 0 Å². The van der Waals surface area contributed by atoms with Crippen LogP contribution >= 0.6 is 11.8 Å². The lowest BCUT2D eigenvalue weighted by atomic mass is 10.0. The minimum absolute atomic E-state index is 0.771. The highest BCUT2D eigenvalue weighted by atomic mass is 32.2. The molecule has 1 fully saturated rings. The minimum atomic E-state index is 0.771. The highest BCUT2D eigenvalue weighted by molar-refractivity contribution is 7.98. The van der Waals surface area contributed by atoms with Crippen molar-refractivity contribution in [2.24, 2.45) is 5.92 Å². The molecule has 2 aliphatic rings. The molecule has 0 aliphatic carbocycles. The van der Waals surface area contributed by atoms with Crippen LogP contribution in [0.4, 0.5) is 0 Å². The van der Waals surface area contributed by atoms with Crippen LogP contribution in [0.2, 0.25) is 0 Å². The largest absolute Gasteiger partial charge is 0.316 e. The summed E-state index contributed by atoms with van der Waals surface area (Å²) in [6.07, 6.45) is 2.39. The molecule has 0 radical (unpaired) electrons. The standard InChI is InChI=1S/C10H16N4S/c1-2-11-6-8(1)5-9-12-13-10-7-15-4-3-14(9)10/h8,11H,1-7H2. The van der Waals surface area contributed by atoms with E-state index in [1.807, 2.05) is 11.8 Å². The highest BCUT2D eigenvalue weighted by Gasteiger charge is 2.21. The number of aromatic nitrogens is 3. The van der Waals surface area contributed by atoms with Gasteiger partial charge in [-0.15, -0.1) is 10.2 Å². The summed E-state index contributed by atoms with van der Waals surface area (Å²) in [5, 5.41) is 12.0. The summed E-state index contributed by atoms with van der Waals surface area (Å²) in [6, 6.07) is 0. The van der Waals surface area contributed by atoms with E-state index in [1.54, 1.807) is 0 Å². The van der Waals surface area contributed by atoms with Crippen LogP contribution in [0.15, 0.2) is 0 Å². The Balaban J connectivity index is 1.76. The quantitative estimate of drug-likeness (QED) is 0.802. The lowest BCUT2D eigenvalue weighted by Crippen LogP contribution is -2.17. The molecule has 1 unspecified atom stereocenters. The first-order valence-electron chi connectivity index (χ1n) is 5.63. The molecule has 0 bridgehead atoms. The van der Waals surface area contributed by atoms with E-state index in [1.165, 1.54) is 30.4 Å². The van der Waals surface area contributed by atoms with E-state index in [4.69, 9.17) is 0 Å². The fourth-order valence-electron chi connectivity index (χ4n) is 2.35. The van der Waals surface area contributed by atoms with Gasteiger partial charge in [0.1, 0.15) is 11.6 Å². The van der Waals surface area contributed by atoms with Gasteiger partial charge >= 0.3 is 0 Å². The molecule has 2 aliphatic heterocycles. The van der Waals surface area contributed by atoms with Crippen LogP contribution in [0, 0.1) is 5.92 Å². The molecule has 0 amide bonds. The average Bonchev–Trinajstić information content (AvgIpc) is 2.89. The van der Waals surface area contributed by atoms with E-state index in [0.29, 0.717) is 0 Å². The normalized spacial score (nSPS) is 25.5. The molecular weight excluding hydrogens is 208 g/mol. The molecule has 3 heterocycles. The second-order valence-electron chi connectivity index (χ2n) is 4.30. The molecule has 0 saturated carbocycles. The molecule has 0 aromatic carbocycles. The fraction of sp³-hybridized carbons (Fsp3) is 0.800. The molecule has 1 N–H and O–H groups in total. The first-order chi connectivity index (χ1) is 7.43. The van der Waals surface area contributed by atoms with Crippen molar-refractivity contribution in [3.63, 3.8) is 0 Å². The molecule has 4 nitrogen and oxygen atoms in total. The van der Waals surface area contributed by atoms with Gasteiger partial charge in [-0.2, -0.15) is 11.8 Å². The Bertz CT molecular complexity index is 343. The van der Waals surface area contributed by atoms with Gasteiger partial charge in [0.15, 0.2) is 0 Å². The lowest BCUT2D eigenvalue weighted by molar-refractivity contribution is 0.535. The Hall–Kier alpha value is -0.550. The van der Waals surface area contributed by atoms with E-state index >= 15 is 0 Å². The van der Waals surface area contributed by atoms with Crippen molar-refractivity contribution in [2.75, 3.05) is 18.8 Å². The van der Waals surface area contributed by atoms with Gasteiger partial charge in [0.25, 0.3) is 0 Å². The van der Waals surface area contributed by atoms with Crippen LogP contribution in [0.3, 0.4) is 0 Å². The van der Waals surface area contributed by atoms with Crippen molar-refractivity contribution in [2.45, 2.75) is 25.1 Å². The van der Waals surface area contributed by atoms with Crippen molar-refractivity contribution in [3.8, 4) is 0 Å². The zero-order valence-corrected chi connectivity index (χ0v) is 9.59. The third-order valence-electron chi connectivity index (χ3n) is 3.23. The zero-order chi connectivity index (χ0) is 10.1. The molecular formula is C10H16N4S. The Morgan fingerprint density at radius 2 is 2.47 bits per heavy atom. The molecule has 1 aromatic rings. The van der Waals surface area contributed by atoms with Gasteiger partial charge in [0.2, 0.25) is 0 Å². The van der Waals surface area contributed by atoms with Gasteiger partial charge in [0, 0.05) is 18.7 Å². The molecule has 1 saturated heterocycles. The van der Waals surface area contributed by atoms with E-state index in [2.05, 4.69) is 20.1 Å². The van der Waals surface area contributed by atoms with Crippen LogP contribution in [-0.4, -0.2) is 33.6 Å². The van der Waals surface area contributed by atoms with Crippen LogP contribution in [-0.2, 0) is 18.7 Å². The molecule has 15 heavy (non-hydrogen) atoms. The van der Waals surface area contributed by atoms with Gasteiger partial charge in [0.05, 0.1) is 5.75 Å². The number of thioether (sulfide) groups is 1. The summed E-state index contributed by atoms with van der Waals surface area (Å²) in [6.45, 7) is 3.42. The first kappa shape index (κ1) is 9.66. The second kappa shape index (κ2) is 4.14. The van der Waals surface area contributed by atoms with Crippen LogP contribution < -0.4 is 5.32 Å². The molecule has 82 valence electrons. The van der Waals surface area contributed by atoms with Crippen LogP contribution in [0.25, 0.3) is 0 Å². The maximum atomic E-state index is 4.33. The van der Waals surface area contributed by atoms with E-state index in [0.717, 1.165) is 31.2 Å². The topological polar surface area (TPSA) is 42.7 Å². The number of rotatable bonds is 2. The number of hydrogen-bond donors (Lipinski definition) is 1. The van der Waals surface area contributed by atoms with Crippen molar-refractivity contribution >= 4 is 11.8 Å². The number of nitrogens with zero attached hydrogens (tertiary/aromatic N) is 3. The molecule has 5 heteroatoms. The predicted octanol–water partition coefficient (Wildman–Crippen LogP) is 0.677. The van der Waals surface area contributed by atoms with Crippen LogP contribution in [0.1, 0.15) is 18.1 Å². The zero-order valence-electron chi connectivity index (χ0n) is 8.78. The van der Waals surface area contributed by atoms with Gasteiger partial charge in [-0.05, 0) is 25.4 Å². The van der Waals surface area contributed by atoms with Gasteiger partial charge in [-0.3, -0.25) is 0 Å². The number of hydrogen-bond acceptors (Lipinski definition) is 4. The second-order valence-corrected chi connectivity index (χ2v) is 5.40. The van der Waals surface area contributed by atoms with E-state index in [9.17, 15) is 0 Å². The Morgan fingerprint density at radius 3 is 3.33 bits per heavy atom. The monoisotopic (exact) mass is 224 g/mol. The average molecular weight is 224 g/mol. The van der Waals surface area contributed by atoms with Crippen molar-refractivity contribution < 1.29 is 0 Å². The third-order valence-corrected chi connectivity index (χ3v) is 4.16. The van der Waals surface area contributed by atoms with Crippen LogP contribution in [0.5, 0.6) is 0 Å². The SMILES string of the molecule is C1CC(Cc2nnc3n2CCSC3)CN1. The minimum Gasteiger partial charge on any atom is -0.316 e. The van der Waals surface area contributed by atoms with Gasteiger partial charge < -0.3 is 9.88 Å². The summed E-state index contributed by atoms with van der Waals surface area (Å²) >= 11 is 1.96. The maximum Gasteiger partial charge on any atom is 0.143 e. The highest BCUT2D eigenvalue weighted by Crippen LogP contribution is 2.21. The number of fused-ring (bicyclic) bond motifs is 1. The Kier molecular flexibility index (Phi) is 2.66. The Labute approximate surface area is 93.8 Å². The van der Waals surface area contributed by atoms with E-state index < -0.39 is 0 Å². The summed E-state index contributed by atoms with van der Waals surface area (Å²) in [7, 11) is 0. The van der Waals surface area contributed by atoms with Crippen molar-refractivity contribution in [3.05, 3.63) is 11.6 Å². The lowest BCUT2D eigenvalue weighted by Gasteiger charge is -2.15. The van der Waals surface area contributed by atoms with Gasteiger partial charge in [-0.1, -0.05) is 0 Å². The maximum absolute atomic E-state index is 4.33. The first-order valence-corrected chi connectivity index (χ1v) is 6.78. The summed E-state index contributed by atoms with van der Waals surface area (Å²) in [5.74, 6) is 5.40. The predicted molar refractivity (Wildman–Crippen MR) is 60.9 cm³/mol. The smallest absolute Gasteiger partial charge is 0.143 e.